The number of amides is 1. The molecule has 3 aromatic rings. The number of aliphatic hydroxyl groups is 1. The second-order valence-electron chi connectivity index (χ2n) is 9.35. The Bertz CT molecular complexity index is 1180. The van der Waals surface area contributed by atoms with Gasteiger partial charge in [-0.05, 0) is 60.7 Å². The molecular formula is C28H29Cl3N2O2. The van der Waals surface area contributed by atoms with Crippen LogP contribution >= 0.6 is 35.6 Å². The monoisotopic (exact) mass is 530 g/mol. The van der Waals surface area contributed by atoms with Gasteiger partial charge in [-0.15, -0.1) is 12.4 Å². The quantitative estimate of drug-likeness (QED) is 0.389. The van der Waals surface area contributed by atoms with E-state index in [1.54, 1.807) is 0 Å². The lowest BCUT2D eigenvalue weighted by molar-refractivity contribution is -0.0264. The molecule has 7 heteroatoms. The number of nitrogens with zero attached hydrogens (tertiary/aromatic N) is 1. The van der Waals surface area contributed by atoms with Crippen molar-refractivity contribution in [3.05, 3.63) is 105 Å². The van der Waals surface area contributed by atoms with Crippen molar-refractivity contribution >= 4 is 41.5 Å². The summed E-state index contributed by atoms with van der Waals surface area (Å²) in [4.78, 5) is 15.1. The maximum Gasteiger partial charge on any atom is 0.252 e. The maximum atomic E-state index is 12.6. The van der Waals surface area contributed by atoms with E-state index < -0.39 is 5.60 Å². The van der Waals surface area contributed by atoms with Gasteiger partial charge in [-0.3, -0.25) is 4.79 Å². The van der Waals surface area contributed by atoms with E-state index in [2.05, 4.69) is 10.2 Å². The van der Waals surface area contributed by atoms with Crippen LogP contribution in [-0.2, 0) is 5.60 Å². The predicted octanol–water partition coefficient (Wildman–Crippen LogP) is 6.36. The highest BCUT2D eigenvalue weighted by Gasteiger charge is 2.37. The number of fused-ring (bicyclic) bond motifs is 1. The molecular weight excluding hydrogens is 503 g/mol. The van der Waals surface area contributed by atoms with E-state index in [1.165, 1.54) is 0 Å². The Balaban J connectivity index is 0.00000289. The summed E-state index contributed by atoms with van der Waals surface area (Å²) < 4.78 is 0. The number of rotatable bonds is 6. The first kappa shape index (κ1) is 26.0. The first-order valence-electron chi connectivity index (χ1n) is 11.8. The van der Waals surface area contributed by atoms with E-state index in [0.29, 0.717) is 22.9 Å². The highest BCUT2D eigenvalue weighted by atomic mass is 35.5. The Hall–Kier alpha value is -2.08. The zero-order valence-electron chi connectivity index (χ0n) is 19.3. The fourth-order valence-corrected chi connectivity index (χ4v) is 5.67. The molecule has 0 radical (unpaired) electrons. The lowest BCUT2D eigenvalue weighted by Gasteiger charge is -2.39. The van der Waals surface area contributed by atoms with Crippen molar-refractivity contribution in [2.75, 3.05) is 19.6 Å². The molecule has 2 aliphatic rings. The SMILES string of the molecule is Cl.O=C1NC(C(CCN2CCC(O)(c3ccccc3)CC2)c2ccc(Cl)c(Cl)c2)c2ccccc21. The Kier molecular flexibility index (Phi) is 8.09. The Morgan fingerprint density at radius 3 is 2.37 bits per heavy atom. The number of benzene rings is 3. The molecule has 5 rings (SSSR count). The minimum Gasteiger partial charge on any atom is -0.385 e. The summed E-state index contributed by atoms with van der Waals surface area (Å²) in [5, 5.41) is 15.4. The van der Waals surface area contributed by atoms with Crippen LogP contribution in [0.25, 0.3) is 0 Å². The van der Waals surface area contributed by atoms with E-state index >= 15 is 0 Å². The highest BCUT2D eigenvalue weighted by molar-refractivity contribution is 6.42. The average molecular weight is 532 g/mol. The minimum absolute atomic E-state index is 0. The van der Waals surface area contributed by atoms with Gasteiger partial charge in [-0.25, -0.2) is 0 Å². The topological polar surface area (TPSA) is 52.6 Å². The van der Waals surface area contributed by atoms with E-state index in [9.17, 15) is 9.90 Å². The number of piperidine rings is 1. The molecule has 1 amide bonds. The number of hydrogen-bond acceptors (Lipinski definition) is 3. The van der Waals surface area contributed by atoms with Crippen LogP contribution in [0, 0.1) is 0 Å². The molecule has 2 heterocycles. The smallest absolute Gasteiger partial charge is 0.252 e. The third-order valence-corrected chi connectivity index (χ3v) is 8.09. The molecule has 0 saturated carbocycles. The van der Waals surface area contributed by atoms with Crippen molar-refractivity contribution in [3.63, 3.8) is 0 Å². The third-order valence-electron chi connectivity index (χ3n) is 7.35. The molecule has 2 unspecified atom stereocenters. The van der Waals surface area contributed by atoms with E-state index in [4.69, 9.17) is 23.2 Å². The molecule has 0 aromatic heterocycles. The van der Waals surface area contributed by atoms with Crippen molar-refractivity contribution in [2.24, 2.45) is 0 Å². The fraction of sp³-hybridized carbons (Fsp3) is 0.321. The van der Waals surface area contributed by atoms with E-state index in [1.807, 2.05) is 72.8 Å². The lowest BCUT2D eigenvalue weighted by Crippen LogP contribution is -2.43. The minimum atomic E-state index is -0.765. The van der Waals surface area contributed by atoms with Gasteiger partial charge >= 0.3 is 0 Å². The number of hydrogen-bond donors (Lipinski definition) is 2. The van der Waals surface area contributed by atoms with Crippen molar-refractivity contribution in [3.8, 4) is 0 Å². The van der Waals surface area contributed by atoms with Crippen molar-refractivity contribution in [1.29, 1.82) is 0 Å². The van der Waals surface area contributed by atoms with Gasteiger partial charge in [-0.2, -0.15) is 0 Å². The van der Waals surface area contributed by atoms with Gasteiger partial charge in [0.15, 0.2) is 0 Å². The normalized spacial score (nSPS) is 20.0. The highest BCUT2D eigenvalue weighted by Crippen LogP contribution is 2.41. The summed E-state index contributed by atoms with van der Waals surface area (Å²) in [6, 6.07) is 23.4. The van der Waals surface area contributed by atoms with Gasteiger partial charge < -0.3 is 15.3 Å². The Morgan fingerprint density at radius 1 is 0.971 bits per heavy atom. The van der Waals surface area contributed by atoms with Crippen molar-refractivity contribution < 1.29 is 9.90 Å². The van der Waals surface area contributed by atoms with Crippen LogP contribution in [-0.4, -0.2) is 35.5 Å². The second kappa shape index (κ2) is 10.9. The van der Waals surface area contributed by atoms with Gasteiger partial charge in [0.05, 0.1) is 21.7 Å². The van der Waals surface area contributed by atoms with Crippen LogP contribution in [0.4, 0.5) is 0 Å². The molecule has 0 bridgehead atoms. The van der Waals surface area contributed by atoms with E-state index in [0.717, 1.165) is 48.3 Å². The molecule has 4 nitrogen and oxygen atoms in total. The fourth-order valence-electron chi connectivity index (χ4n) is 5.36. The van der Waals surface area contributed by atoms with E-state index in [-0.39, 0.29) is 30.3 Å². The molecule has 35 heavy (non-hydrogen) atoms. The molecule has 2 aliphatic heterocycles. The van der Waals surface area contributed by atoms with Gasteiger partial charge in [0.1, 0.15) is 0 Å². The molecule has 2 atom stereocenters. The first-order valence-corrected chi connectivity index (χ1v) is 12.6. The largest absolute Gasteiger partial charge is 0.385 e. The number of carbonyl (C=O) groups is 1. The van der Waals surface area contributed by atoms with Crippen LogP contribution < -0.4 is 5.32 Å². The molecule has 0 spiro atoms. The van der Waals surface area contributed by atoms with Crippen LogP contribution in [0.15, 0.2) is 72.8 Å². The summed E-state index contributed by atoms with van der Waals surface area (Å²) in [7, 11) is 0. The number of likely N-dealkylation sites (tertiary alicyclic amines) is 1. The van der Waals surface area contributed by atoms with Crippen molar-refractivity contribution in [1.82, 2.24) is 10.2 Å². The summed E-state index contributed by atoms with van der Waals surface area (Å²) >= 11 is 12.6. The summed E-state index contributed by atoms with van der Waals surface area (Å²) in [5.74, 6) is 0.0221. The number of halogens is 3. The molecule has 2 N–H and O–H groups in total. The van der Waals surface area contributed by atoms with Crippen molar-refractivity contribution in [2.45, 2.75) is 36.8 Å². The van der Waals surface area contributed by atoms with Gasteiger partial charge in [0.2, 0.25) is 0 Å². The third kappa shape index (κ3) is 5.37. The molecule has 0 aliphatic carbocycles. The predicted molar refractivity (Wildman–Crippen MR) is 144 cm³/mol. The zero-order valence-corrected chi connectivity index (χ0v) is 21.6. The van der Waals surface area contributed by atoms with Gasteiger partial charge in [0.25, 0.3) is 5.91 Å². The summed E-state index contributed by atoms with van der Waals surface area (Å²) in [5.41, 5.74) is 3.06. The van der Waals surface area contributed by atoms with Gasteiger partial charge in [0, 0.05) is 24.6 Å². The molecule has 1 saturated heterocycles. The molecule has 184 valence electrons. The Labute approximate surface area is 222 Å². The summed E-state index contributed by atoms with van der Waals surface area (Å²) in [6.45, 7) is 2.52. The lowest BCUT2D eigenvalue weighted by atomic mass is 9.83. The molecule has 1 fully saturated rings. The zero-order chi connectivity index (χ0) is 23.7. The number of carbonyl (C=O) groups excluding carboxylic acids is 1. The van der Waals surface area contributed by atoms with Gasteiger partial charge in [-0.1, -0.05) is 77.8 Å². The average Bonchev–Trinajstić information content (AvgIpc) is 3.19. The molecule has 3 aromatic carbocycles. The second-order valence-corrected chi connectivity index (χ2v) is 10.2. The van der Waals surface area contributed by atoms with Crippen LogP contribution in [0.1, 0.15) is 58.3 Å². The summed E-state index contributed by atoms with van der Waals surface area (Å²) in [6.07, 6.45) is 2.26. The first-order chi connectivity index (χ1) is 16.4. The van der Waals surface area contributed by atoms with Crippen LogP contribution in [0.2, 0.25) is 10.0 Å². The van der Waals surface area contributed by atoms with Crippen LogP contribution in [0.3, 0.4) is 0 Å². The maximum absolute atomic E-state index is 12.6. The standard InChI is InChI=1S/C28H28Cl2N2O2.ClH/c29-24-11-10-19(18-25(24)30)21(26-22-8-4-5-9-23(22)27(33)31-26)12-15-32-16-13-28(34,14-17-32)20-6-2-1-3-7-20;/h1-11,18,21,26,34H,12-17H2,(H,31,33);1H. The number of nitrogens with one attached hydrogen (secondary N) is 1. The Morgan fingerprint density at radius 2 is 1.66 bits per heavy atom. The van der Waals surface area contributed by atoms with Crippen LogP contribution in [0.5, 0.6) is 0 Å².